The number of hydrogen-bond acceptors (Lipinski definition) is 4. The van der Waals surface area contributed by atoms with E-state index in [1.807, 2.05) is 47.0 Å². The van der Waals surface area contributed by atoms with Gasteiger partial charge in [0.15, 0.2) is 6.61 Å². The molecule has 0 unspecified atom stereocenters. The summed E-state index contributed by atoms with van der Waals surface area (Å²) in [5.41, 5.74) is 3.17. The minimum Gasteiger partial charge on any atom is -0.484 e. The number of aromatic nitrogens is 2. The van der Waals surface area contributed by atoms with E-state index in [0.717, 1.165) is 29.1 Å². The molecule has 134 valence electrons. The normalized spacial score (nSPS) is 16.6. The van der Waals surface area contributed by atoms with Crippen LogP contribution in [0.15, 0.2) is 30.5 Å². The Morgan fingerprint density at radius 1 is 1.36 bits per heavy atom. The van der Waals surface area contributed by atoms with Crippen LogP contribution in [0.4, 0.5) is 0 Å². The van der Waals surface area contributed by atoms with Crippen LogP contribution >= 0.6 is 0 Å². The molecule has 1 amide bonds. The van der Waals surface area contributed by atoms with E-state index in [1.54, 1.807) is 7.11 Å². The number of benzene rings is 1. The first-order valence-electron chi connectivity index (χ1n) is 8.63. The highest BCUT2D eigenvalue weighted by molar-refractivity contribution is 5.78. The summed E-state index contributed by atoms with van der Waals surface area (Å²) in [7, 11) is 1.68. The summed E-state index contributed by atoms with van der Waals surface area (Å²) in [6.45, 7) is 6.63. The quantitative estimate of drug-likeness (QED) is 0.808. The third-order valence-corrected chi connectivity index (χ3v) is 4.55. The van der Waals surface area contributed by atoms with E-state index in [4.69, 9.17) is 9.47 Å². The molecule has 0 saturated carbocycles. The molecular formula is C19H25N3O3. The van der Waals surface area contributed by atoms with Gasteiger partial charge in [-0.3, -0.25) is 9.48 Å². The molecule has 1 aromatic heterocycles. The predicted molar refractivity (Wildman–Crippen MR) is 94.6 cm³/mol. The van der Waals surface area contributed by atoms with Crippen molar-refractivity contribution in [1.29, 1.82) is 0 Å². The molecule has 2 aromatic rings. The van der Waals surface area contributed by atoms with Gasteiger partial charge in [0.1, 0.15) is 5.75 Å². The van der Waals surface area contributed by atoms with Gasteiger partial charge in [-0.2, -0.15) is 5.10 Å². The molecule has 0 saturated heterocycles. The lowest BCUT2D eigenvalue weighted by atomic mass is 9.97. The van der Waals surface area contributed by atoms with Crippen LogP contribution < -0.4 is 4.74 Å². The Hall–Kier alpha value is -2.34. The summed E-state index contributed by atoms with van der Waals surface area (Å²) in [5, 5.41) is 4.64. The van der Waals surface area contributed by atoms with E-state index in [0.29, 0.717) is 19.7 Å². The minimum absolute atomic E-state index is 0.0146. The number of rotatable bonds is 6. The predicted octanol–water partition coefficient (Wildman–Crippen LogP) is 2.36. The Bertz CT molecular complexity index is 741. The van der Waals surface area contributed by atoms with Crippen molar-refractivity contribution >= 4 is 5.91 Å². The zero-order valence-electron chi connectivity index (χ0n) is 15.1. The molecule has 0 N–H and O–H groups in total. The fourth-order valence-corrected chi connectivity index (χ4v) is 3.20. The fraction of sp³-hybridized carbons (Fsp3) is 0.474. The van der Waals surface area contributed by atoms with Gasteiger partial charge in [-0.05, 0) is 25.5 Å². The van der Waals surface area contributed by atoms with Crippen molar-refractivity contribution in [2.24, 2.45) is 0 Å². The molecule has 1 aliphatic rings. The Balaban J connectivity index is 1.69. The van der Waals surface area contributed by atoms with Crippen LogP contribution in [-0.2, 0) is 22.6 Å². The lowest BCUT2D eigenvalue weighted by molar-refractivity contribution is -0.134. The van der Waals surface area contributed by atoms with Gasteiger partial charge in [0.25, 0.3) is 5.91 Å². The molecular weight excluding hydrogens is 318 g/mol. The maximum Gasteiger partial charge on any atom is 0.260 e. The highest BCUT2D eigenvalue weighted by Crippen LogP contribution is 2.27. The average molecular weight is 343 g/mol. The average Bonchev–Trinajstić information content (AvgIpc) is 3.04. The summed E-state index contributed by atoms with van der Waals surface area (Å²) in [5.74, 6) is 0.837. The maximum absolute atomic E-state index is 12.7. The first kappa shape index (κ1) is 17.5. The number of carbonyl (C=O) groups is 1. The zero-order chi connectivity index (χ0) is 17.8. The number of carbonyl (C=O) groups excluding carboxylic acids is 1. The highest BCUT2D eigenvalue weighted by atomic mass is 16.5. The molecule has 0 spiro atoms. The number of hydrogen-bond donors (Lipinski definition) is 0. The Morgan fingerprint density at radius 2 is 2.16 bits per heavy atom. The first-order chi connectivity index (χ1) is 12.1. The first-order valence-corrected chi connectivity index (χ1v) is 8.63. The van der Waals surface area contributed by atoms with Gasteiger partial charge in [-0.25, -0.2) is 0 Å². The van der Waals surface area contributed by atoms with Crippen molar-refractivity contribution < 1.29 is 14.3 Å². The van der Waals surface area contributed by atoms with E-state index in [-0.39, 0.29) is 18.4 Å². The standard InChI is InChI=1S/C19H25N3O3/c1-4-22-11-15-9-21(10-16(12-24-3)19(15)20-22)18(23)13-25-17-8-6-5-7-14(17)2/h5-8,11,16H,4,9-10,12-13H2,1-3H3/t16-/m1/s1. The topological polar surface area (TPSA) is 56.6 Å². The molecule has 1 aliphatic heterocycles. The molecule has 25 heavy (non-hydrogen) atoms. The number of methoxy groups -OCH3 is 1. The van der Waals surface area contributed by atoms with Crippen LogP contribution in [0.3, 0.4) is 0 Å². The lowest BCUT2D eigenvalue weighted by Crippen LogP contribution is -2.41. The number of aryl methyl sites for hydroxylation is 2. The summed E-state index contributed by atoms with van der Waals surface area (Å²) in [6, 6.07) is 7.72. The largest absolute Gasteiger partial charge is 0.484 e. The van der Waals surface area contributed by atoms with Gasteiger partial charge in [0.05, 0.1) is 12.3 Å². The summed E-state index contributed by atoms with van der Waals surface area (Å²) in [6.07, 6.45) is 2.03. The van der Waals surface area contributed by atoms with Crippen molar-refractivity contribution in [2.75, 3.05) is 26.9 Å². The second kappa shape index (κ2) is 7.70. The van der Waals surface area contributed by atoms with Crippen LogP contribution in [0, 0.1) is 6.92 Å². The molecule has 1 aromatic carbocycles. The van der Waals surface area contributed by atoms with Crippen molar-refractivity contribution in [3.63, 3.8) is 0 Å². The van der Waals surface area contributed by atoms with E-state index >= 15 is 0 Å². The Morgan fingerprint density at radius 3 is 2.88 bits per heavy atom. The van der Waals surface area contributed by atoms with Crippen molar-refractivity contribution in [2.45, 2.75) is 32.9 Å². The molecule has 6 heteroatoms. The Labute approximate surface area is 148 Å². The third kappa shape index (κ3) is 3.85. The number of ether oxygens (including phenoxy) is 2. The van der Waals surface area contributed by atoms with Crippen LogP contribution in [-0.4, -0.2) is 47.5 Å². The molecule has 0 fully saturated rings. The minimum atomic E-state index is -0.0146. The van der Waals surface area contributed by atoms with Gasteiger partial charge in [0, 0.05) is 44.4 Å². The molecule has 3 rings (SSSR count). The monoisotopic (exact) mass is 343 g/mol. The molecule has 1 atom stereocenters. The lowest BCUT2D eigenvalue weighted by Gasteiger charge is -2.31. The highest BCUT2D eigenvalue weighted by Gasteiger charge is 2.31. The van der Waals surface area contributed by atoms with Crippen molar-refractivity contribution in [1.82, 2.24) is 14.7 Å². The van der Waals surface area contributed by atoms with Gasteiger partial charge in [-0.1, -0.05) is 18.2 Å². The molecule has 0 aliphatic carbocycles. The number of fused-ring (bicyclic) bond motifs is 1. The van der Waals surface area contributed by atoms with E-state index in [2.05, 4.69) is 12.0 Å². The Kier molecular flexibility index (Phi) is 5.38. The molecule has 2 heterocycles. The molecule has 0 bridgehead atoms. The van der Waals surface area contributed by atoms with Crippen molar-refractivity contribution in [3.05, 3.63) is 47.3 Å². The van der Waals surface area contributed by atoms with Crippen LogP contribution in [0.25, 0.3) is 0 Å². The van der Waals surface area contributed by atoms with Crippen LogP contribution in [0.2, 0.25) is 0 Å². The molecule has 0 radical (unpaired) electrons. The van der Waals surface area contributed by atoms with E-state index in [9.17, 15) is 4.79 Å². The van der Waals surface area contributed by atoms with Crippen LogP contribution in [0.1, 0.15) is 29.7 Å². The second-order valence-corrected chi connectivity index (χ2v) is 6.38. The number of para-hydroxylation sites is 1. The summed E-state index contributed by atoms with van der Waals surface area (Å²) >= 11 is 0. The summed E-state index contributed by atoms with van der Waals surface area (Å²) < 4.78 is 13.0. The number of amides is 1. The van der Waals surface area contributed by atoms with Gasteiger partial charge in [0.2, 0.25) is 0 Å². The zero-order valence-corrected chi connectivity index (χ0v) is 15.1. The second-order valence-electron chi connectivity index (χ2n) is 6.38. The van der Waals surface area contributed by atoms with Gasteiger partial charge < -0.3 is 14.4 Å². The smallest absolute Gasteiger partial charge is 0.260 e. The van der Waals surface area contributed by atoms with Gasteiger partial charge in [-0.15, -0.1) is 0 Å². The maximum atomic E-state index is 12.7. The molecule has 6 nitrogen and oxygen atoms in total. The fourth-order valence-electron chi connectivity index (χ4n) is 3.20. The summed E-state index contributed by atoms with van der Waals surface area (Å²) in [4.78, 5) is 14.5. The van der Waals surface area contributed by atoms with Crippen LogP contribution in [0.5, 0.6) is 5.75 Å². The van der Waals surface area contributed by atoms with E-state index in [1.165, 1.54) is 0 Å². The van der Waals surface area contributed by atoms with Crippen molar-refractivity contribution in [3.8, 4) is 5.75 Å². The van der Waals surface area contributed by atoms with Gasteiger partial charge >= 0.3 is 0 Å². The number of nitrogens with zero attached hydrogens (tertiary/aromatic N) is 3. The third-order valence-electron chi connectivity index (χ3n) is 4.55. The SMILES string of the molecule is CCn1cc2c(n1)[C@@H](COC)CN(C(=O)COc1ccccc1C)C2. The van der Waals surface area contributed by atoms with E-state index < -0.39 is 0 Å².